The van der Waals surface area contributed by atoms with Crippen molar-refractivity contribution in [1.82, 2.24) is 24.4 Å². The van der Waals surface area contributed by atoms with Crippen LogP contribution in [0, 0.1) is 11.3 Å². The maximum atomic E-state index is 13.1. The summed E-state index contributed by atoms with van der Waals surface area (Å²) in [6, 6.07) is 18.5. The lowest BCUT2D eigenvalue weighted by Gasteiger charge is -2.32. The first-order valence-electron chi connectivity index (χ1n) is 11.5. The quantitative estimate of drug-likeness (QED) is 0.303. The van der Waals surface area contributed by atoms with Gasteiger partial charge in [0, 0.05) is 29.1 Å². The third kappa shape index (κ3) is 3.49. The third-order valence-corrected chi connectivity index (χ3v) is 6.68. The minimum atomic E-state index is -0.124. The third-order valence-electron chi connectivity index (χ3n) is 6.68. The number of benzene rings is 2. The fraction of sp³-hybridized carbons (Fsp3) is 0.222. The molecule has 7 nitrogen and oxygen atoms in total. The lowest BCUT2D eigenvalue weighted by molar-refractivity contribution is 0.196. The standard InChI is InChI=1S/C27H22N6O/c28-9-11-32-10-3-5-21(17-32)33-26(34)16-31-25-15-30-24-8-7-18(13-22(24)27(25)33)20-12-19-4-1-2-6-23(19)29-14-20/h1-2,4,6-8,12-16,21H,3,5,10-11,17H2/t21-/m0/s1. The second-order valence-electron chi connectivity index (χ2n) is 8.80. The second-order valence-corrected chi connectivity index (χ2v) is 8.80. The number of fused-ring (bicyclic) bond motifs is 4. The Morgan fingerprint density at radius 3 is 2.71 bits per heavy atom. The Morgan fingerprint density at radius 2 is 1.79 bits per heavy atom. The maximum absolute atomic E-state index is 13.1. The van der Waals surface area contributed by atoms with Crippen LogP contribution in [0.4, 0.5) is 0 Å². The highest BCUT2D eigenvalue weighted by atomic mass is 16.1. The Balaban J connectivity index is 1.55. The largest absolute Gasteiger partial charge is 0.300 e. The number of likely N-dealkylation sites (tertiary alicyclic amines) is 1. The van der Waals surface area contributed by atoms with Gasteiger partial charge in [-0.25, -0.2) is 4.98 Å². The fourth-order valence-electron chi connectivity index (χ4n) is 5.07. The summed E-state index contributed by atoms with van der Waals surface area (Å²) in [6.45, 7) is 1.92. The van der Waals surface area contributed by atoms with Gasteiger partial charge in [-0.05, 0) is 49.2 Å². The van der Waals surface area contributed by atoms with Gasteiger partial charge >= 0.3 is 0 Å². The number of pyridine rings is 2. The van der Waals surface area contributed by atoms with Crippen LogP contribution in [0.1, 0.15) is 18.9 Å². The normalized spacial score (nSPS) is 16.7. The van der Waals surface area contributed by atoms with Crippen LogP contribution in [0.3, 0.4) is 0 Å². The molecule has 4 heterocycles. The maximum Gasteiger partial charge on any atom is 0.269 e. The highest BCUT2D eigenvalue weighted by Crippen LogP contribution is 2.31. The van der Waals surface area contributed by atoms with Crippen LogP contribution in [0.15, 0.2) is 71.9 Å². The Bertz CT molecular complexity index is 1650. The van der Waals surface area contributed by atoms with Gasteiger partial charge in [0.25, 0.3) is 5.56 Å². The molecule has 34 heavy (non-hydrogen) atoms. The van der Waals surface area contributed by atoms with Crippen molar-refractivity contribution in [2.75, 3.05) is 19.6 Å². The molecule has 0 saturated carbocycles. The van der Waals surface area contributed by atoms with E-state index in [0.717, 1.165) is 57.8 Å². The second kappa shape index (κ2) is 8.32. The predicted molar refractivity (Wildman–Crippen MR) is 132 cm³/mol. The fourth-order valence-corrected chi connectivity index (χ4v) is 5.07. The van der Waals surface area contributed by atoms with E-state index < -0.39 is 0 Å². The molecule has 0 aliphatic carbocycles. The van der Waals surface area contributed by atoms with Gasteiger partial charge in [-0.2, -0.15) is 5.26 Å². The Hall–Kier alpha value is -4.15. The van der Waals surface area contributed by atoms with Crippen LogP contribution in [-0.4, -0.2) is 44.1 Å². The average Bonchev–Trinajstić information content (AvgIpc) is 2.88. The SMILES string of the molecule is N#CCN1CCC[C@H](n2c(=O)cnc3cnc4ccc(-c5cnc6ccccc6c5)cc4c32)C1. The van der Waals surface area contributed by atoms with E-state index >= 15 is 0 Å². The number of piperidine rings is 1. The Morgan fingerprint density at radius 1 is 0.941 bits per heavy atom. The van der Waals surface area contributed by atoms with Gasteiger partial charge in [0.05, 0.1) is 47.6 Å². The summed E-state index contributed by atoms with van der Waals surface area (Å²) in [4.78, 5) is 28.9. The molecule has 0 spiro atoms. The van der Waals surface area contributed by atoms with E-state index in [2.05, 4.69) is 44.1 Å². The van der Waals surface area contributed by atoms with Crippen LogP contribution in [-0.2, 0) is 0 Å². The molecule has 0 bridgehead atoms. The molecule has 6 rings (SSSR count). The van der Waals surface area contributed by atoms with Gasteiger partial charge < -0.3 is 4.57 Å². The zero-order valence-corrected chi connectivity index (χ0v) is 18.6. The molecular formula is C27H22N6O. The zero-order chi connectivity index (χ0) is 23.1. The summed E-state index contributed by atoms with van der Waals surface area (Å²) < 4.78 is 1.87. The first-order valence-corrected chi connectivity index (χ1v) is 11.5. The molecule has 0 radical (unpaired) electrons. The summed E-state index contributed by atoms with van der Waals surface area (Å²) in [5.41, 5.74) is 5.16. The summed E-state index contributed by atoms with van der Waals surface area (Å²) in [5, 5.41) is 11.1. The molecule has 2 aromatic carbocycles. The van der Waals surface area contributed by atoms with E-state index in [1.807, 2.05) is 41.1 Å². The Labute approximate surface area is 195 Å². The van der Waals surface area contributed by atoms with Gasteiger partial charge in [-0.15, -0.1) is 0 Å². The predicted octanol–water partition coefficient (Wildman–Crippen LogP) is 4.32. The van der Waals surface area contributed by atoms with E-state index in [4.69, 9.17) is 5.26 Å². The summed E-state index contributed by atoms with van der Waals surface area (Å²) in [6.07, 6.45) is 6.84. The summed E-state index contributed by atoms with van der Waals surface area (Å²) in [7, 11) is 0. The minimum Gasteiger partial charge on any atom is -0.300 e. The molecule has 166 valence electrons. The highest BCUT2D eigenvalue weighted by Gasteiger charge is 2.24. The number of hydrogen-bond acceptors (Lipinski definition) is 6. The molecule has 5 aromatic rings. The number of nitriles is 1. The Kier molecular flexibility index (Phi) is 5.01. The van der Waals surface area contributed by atoms with Crippen molar-refractivity contribution >= 4 is 32.8 Å². The van der Waals surface area contributed by atoms with Crippen molar-refractivity contribution in [3.8, 4) is 17.2 Å². The molecule has 1 saturated heterocycles. The molecule has 0 unspecified atom stereocenters. The van der Waals surface area contributed by atoms with E-state index in [9.17, 15) is 4.79 Å². The molecule has 1 aliphatic heterocycles. The number of aromatic nitrogens is 4. The van der Waals surface area contributed by atoms with Crippen LogP contribution < -0.4 is 5.56 Å². The number of rotatable bonds is 3. The molecule has 1 aliphatic rings. The van der Waals surface area contributed by atoms with Gasteiger partial charge in [0.15, 0.2) is 0 Å². The van der Waals surface area contributed by atoms with Crippen molar-refractivity contribution in [3.63, 3.8) is 0 Å². The lowest BCUT2D eigenvalue weighted by atomic mass is 10.0. The van der Waals surface area contributed by atoms with Gasteiger partial charge in [0.1, 0.15) is 5.52 Å². The van der Waals surface area contributed by atoms with Gasteiger partial charge in [0.2, 0.25) is 0 Å². The molecule has 3 aromatic heterocycles. The van der Waals surface area contributed by atoms with Crippen LogP contribution in [0.25, 0.3) is 44.0 Å². The van der Waals surface area contributed by atoms with Gasteiger partial charge in [-0.3, -0.25) is 19.7 Å². The highest BCUT2D eigenvalue weighted by molar-refractivity contribution is 6.03. The topological polar surface area (TPSA) is 87.7 Å². The van der Waals surface area contributed by atoms with E-state index in [1.165, 1.54) is 6.20 Å². The van der Waals surface area contributed by atoms with Crippen LogP contribution >= 0.6 is 0 Å². The van der Waals surface area contributed by atoms with Gasteiger partial charge in [-0.1, -0.05) is 24.3 Å². The lowest BCUT2D eigenvalue weighted by Crippen LogP contribution is -2.40. The monoisotopic (exact) mass is 446 g/mol. The van der Waals surface area contributed by atoms with Crippen molar-refractivity contribution in [3.05, 3.63) is 77.5 Å². The smallest absolute Gasteiger partial charge is 0.269 e. The van der Waals surface area contributed by atoms with Crippen LogP contribution in [0.2, 0.25) is 0 Å². The van der Waals surface area contributed by atoms with E-state index in [0.29, 0.717) is 18.6 Å². The van der Waals surface area contributed by atoms with Crippen molar-refractivity contribution in [2.45, 2.75) is 18.9 Å². The molecule has 0 N–H and O–H groups in total. The first-order chi connectivity index (χ1) is 16.7. The zero-order valence-electron chi connectivity index (χ0n) is 18.6. The average molecular weight is 447 g/mol. The molecule has 1 fully saturated rings. The molecular weight excluding hydrogens is 424 g/mol. The van der Waals surface area contributed by atoms with Crippen molar-refractivity contribution < 1.29 is 0 Å². The van der Waals surface area contributed by atoms with E-state index in [-0.39, 0.29) is 11.6 Å². The minimum absolute atomic E-state index is 0.0170. The first kappa shape index (κ1) is 20.5. The summed E-state index contributed by atoms with van der Waals surface area (Å²) in [5.74, 6) is 0. The molecule has 0 amide bonds. The molecule has 7 heteroatoms. The van der Waals surface area contributed by atoms with Crippen molar-refractivity contribution in [1.29, 1.82) is 5.26 Å². The number of hydrogen-bond donors (Lipinski definition) is 0. The summed E-state index contributed by atoms with van der Waals surface area (Å²) >= 11 is 0. The van der Waals surface area contributed by atoms with Crippen molar-refractivity contribution in [2.24, 2.45) is 0 Å². The van der Waals surface area contributed by atoms with Crippen LogP contribution in [0.5, 0.6) is 0 Å². The number of nitrogens with zero attached hydrogens (tertiary/aromatic N) is 6. The van der Waals surface area contributed by atoms with E-state index in [1.54, 1.807) is 6.20 Å². The number of para-hydroxylation sites is 1. The molecule has 1 atom stereocenters.